The summed E-state index contributed by atoms with van der Waals surface area (Å²) in [5, 5.41) is 14.2. The molecule has 0 saturated carbocycles. The van der Waals surface area contributed by atoms with E-state index < -0.39 is 30.3 Å². The average Bonchev–Trinajstić information content (AvgIpc) is 3.60. The number of benzene rings is 2. The number of fused-ring (bicyclic) bond motifs is 3. The number of aromatic nitrogens is 2. The van der Waals surface area contributed by atoms with Crippen molar-refractivity contribution < 1.29 is 19.4 Å². The molecule has 0 radical (unpaired) electrons. The molecule has 0 saturated heterocycles. The van der Waals surface area contributed by atoms with E-state index in [0.29, 0.717) is 24.5 Å². The zero-order valence-electron chi connectivity index (χ0n) is 25.3. The Labute approximate surface area is 249 Å². The minimum atomic E-state index is -1.13. The number of hydrogen-bond donors (Lipinski definition) is 3. The van der Waals surface area contributed by atoms with Crippen molar-refractivity contribution in [1.82, 2.24) is 20.2 Å². The fourth-order valence-corrected chi connectivity index (χ4v) is 5.82. The van der Waals surface area contributed by atoms with Crippen molar-refractivity contribution in [3.05, 3.63) is 90.5 Å². The molecular weight excluding hydrogens is 528 g/mol. The van der Waals surface area contributed by atoms with Gasteiger partial charge in [0, 0.05) is 25.4 Å². The number of rotatable bonds is 13. The van der Waals surface area contributed by atoms with Crippen molar-refractivity contribution >= 4 is 12.0 Å². The first-order chi connectivity index (χ1) is 20.1. The third-order valence-corrected chi connectivity index (χ3v) is 8.16. The van der Waals surface area contributed by atoms with Crippen LogP contribution in [-0.4, -0.2) is 57.3 Å². The molecule has 0 aliphatic heterocycles. The van der Waals surface area contributed by atoms with Crippen LogP contribution in [0.3, 0.4) is 0 Å². The van der Waals surface area contributed by atoms with E-state index in [9.17, 15) is 14.7 Å². The van der Waals surface area contributed by atoms with Crippen LogP contribution in [0.2, 0.25) is 0 Å². The van der Waals surface area contributed by atoms with E-state index in [0.717, 1.165) is 22.3 Å². The van der Waals surface area contributed by atoms with Gasteiger partial charge >= 0.3 is 6.09 Å². The van der Waals surface area contributed by atoms with Crippen LogP contribution in [-0.2, 0) is 16.0 Å². The van der Waals surface area contributed by atoms with Crippen LogP contribution in [0.1, 0.15) is 63.4 Å². The molecule has 2 amide bonds. The van der Waals surface area contributed by atoms with Crippen LogP contribution >= 0.6 is 0 Å². The molecule has 4 atom stereocenters. The predicted octanol–water partition coefficient (Wildman–Crippen LogP) is 5.90. The van der Waals surface area contributed by atoms with Gasteiger partial charge in [-0.25, -0.2) is 9.78 Å². The quantitative estimate of drug-likeness (QED) is 0.221. The Morgan fingerprint density at radius 1 is 1.07 bits per heavy atom. The van der Waals surface area contributed by atoms with E-state index in [1.165, 1.54) is 6.33 Å². The lowest BCUT2D eigenvalue weighted by Crippen LogP contribution is -2.50. The molecule has 8 heteroatoms. The maximum atomic E-state index is 13.8. The Morgan fingerprint density at radius 3 is 2.21 bits per heavy atom. The molecule has 0 spiro atoms. The van der Waals surface area contributed by atoms with Crippen molar-refractivity contribution in [2.75, 3.05) is 7.05 Å². The summed E-state index contributed by atoms with van der Waals surface area (Å²) >= 11 is 0. The number of nitrogens with one attached hydrogen (secondary N) is 2. The van der Waals surface area contributed by atoms with Crippen molar-refractivity contribution in [2.45, 2.75) is 71.2 Å². The minimum Gasteiger partial charge on any atom is -0.436 e. The molecule has 1 aromatic heterocycles. The van der Waals surface area contributed by atoms with Gasteiger partial charge in [0.05, 0.1) is 24.5 Å². The van der Waals surface area contributed by atoms with Crippen molar-refractivity contribution in [1.29, 1.82) is 0 Å². The third kappa shape index (κ3) is 7.10. The maximum Gasteiger partial charge on any atom is 0.411 e. The number of allylic oxidation sites excluding steroid dienone is 1. The van der Waals surface area contributed by atoms with E-state index >= 15 is 0 Å². The molecule has 224 valence electrons. The topological polar surface area (TPSA) is 108 Å². The van der Waals surface area contributed by atoms with Gasteiger partial charge < -0.3 is 25.0 Å². The summed E-state index contributed by atoms with van der Waals surface area (Å²) in [6.07, 6.45) is 3.65. The first-order valence-corrected chi connectivity index (χ1v) is 14.8. The van der Waals surface area contributed by atoms with Crippen LogP contribution in [0.4, 0.5) is 4.79 Å². The van der Waals surface area contributed by atoms with Gasteiger partial charge in [0.15, 0.2) is 6.10 Å². The van der Waals surface area contributed by atoms with Gasteiger partial charge in [0.2, 0.25) is 0 Å². The molecule has 1 heterocycles. The lowest BCUT2D eigenvalue weighted by atomic mass is 9.86. The molecule has 2 aromatic carbocycles. The second-order valence-corrected chi connectivity index (χ2v) is 12.0. The second-order valence-electron chi connectivity index (χ2n) is 12.0. The van der Waals surface area contributed by atoms with E-state index in [2.05, 4.69) is 47.8 Å². The lowest BCUT2D eigenvalue weighted by Gasteiger charge is -2.31. The van der Waals surface area contributed by atoms with Crippen molar-refractivity contribution in [3.63, 3.8) is 0 Å². The minimum absolute atomic E-state index is 0.107. The fraction of sp³-hybridized carbons (Fsp3) is 0.441. The molecule has 1 aliphatic carbocycles. The Bertz CT molecular complexity index is 1310. The Kier molecular flexibility index (Phi) is 10.2. The fourth-order valence-electron chi connectivity index (χ4n) is 5.82. The predicted molar refractivity (Wildman–Crippen MR) is 165 cm³/mol. The monoisotopic (exact) mass is 572 g/mol. The third-order valence-electron chi connectivity index (χ3n) is 8.16. The molecule has 3 aromatic rings. The molecule has 0 bridgehead atoms. The van der Waals surface area contributed by atoms with Crippen LogP contribution in [0.5, 0.6) is 0 Å². The molecule has 0 unspecified atom stereocenters. The summed E-state index contributed by atoms with van der Waals surface area (Å²) in [6, 6.07) is 15.2. The molecule has 4 rings (SSSR count). The van der Waals surface area contributed by atoms with Crippen molar-refractivity contribution in [3.8, 4) is 11.1 Å². The summed E-state index contributed by atoms with van der Waals surface area (Å²) in [5.74, 6) is 0.190. The summed E-state index contributed by atoms with van der Waals surface area (Å²) in [7, 11) is 1.70. The molecular formula is C34H44N4O4. The van der Waals surface area contributed by atoms with Crippen LogP contribution in [0, 0.1) is 17.8 Å². The molecule has 1 aliphatic rings. The summed E-state index contributed by atoms with van der Waals surface area (Å²) in [5.41, 5.74) is 4.84. The number of imidazole rings is 1. The number of hydrogen-bond acceptors (Lipinski definition) is 5. The highest BCUT2D eigenvalue weighted by Gasteiger charge is 2.36. The number of aromatic amines is 1. The number of amides is 2. The SMILES string of the molecule is C=C[C@@H](C[C@H](O)[C@H](CC(C)C)NC(=O)[C@H](Cc1cnc[nH]1)OC(=O)N(C)C1c2ccccc2-c2ccccc21)C(C)C. The van der Waals surface area contributed by atoms with Gasteiger partial charge in [-0.3, -0.25) is 4.79 Å². The first-order valence-electron chi connectivity index (χ1n) is 14.8. The van der Waals surface area contributed by atoms with Gasteiger partial charge in [-0.1, -0.05) is 82.3 Å². The van der Waals surface area contributed by atoms with E-state index in [4.69, 9.17) is 4.74 Å². The second kappa shape index (κ2) is 13.8. The lowest BCUT2D eigenvalue weighted by molar-refractivity contribution is -0.132. The summed E-state index contributed by atoms with van der Waals surface area (Å²) in [4.78, 5) is 36.1. The summed E-state index contributed by atoms with van der Waals surface area (Å²) < 4.78 is 5.95. The molecule has 42 heavy (non-hydrogen) atoms. The number of aliphatic hydroxyl groups is 1. The number of H-pyrrole nitrogens is 1. The molecule has 3 N–H and O–H groups in total. The largest absolute Gasteiger partial charge is 0.436 e. The number of carbonyl (C=O) groups excluding carboxylic acids is 2. The molecule has 0 fully saturated rings. The van der Waals surface area contributed by atoms with Crippen LogP contribution in [0.25, 0.3) is 11.1 Å². The Balaban J connectivity index is 1.55. The van der Waals surface area contributed by atoms with Crippen LogP contribution < -0.4 is 5.32 Å². The highest BCUT2D eigenvalue weighted by Crippen LogP contribution is 2.45. The van der Waals surface area contributed by atoms with Gasteiger partial charge in [-0.05, 0) is 52.8 Å². The van der Waals surface area contributed by atoms with E-state index in [1.54, 1.807) is 18.1 Å². The van der Waals surface area contributed by atoms with E-state index in [-0.39, 0.29) is 24.3 Å². The zero-order valence-corrected chi connectivity index (χ0v) is 25.3. The highest BCUT2D eigenvalue weighted by molar-refractivity contribution is 5.85. The van der Waals surface area contributed by atoms with Crippen LogP contribution in [0.15, 0.2) is 73.7 Å². The normalized spacial score (nSPS) is 15.4. The van der Waals surface area contributed by atoms with Gasteiger partial charge in [-0.15, -0.1) is 6.58 Å². The van der Waals surface area contributed by atoms with Crippen molar-refractivity contribution in [2.24, 2.45) is 17.8 Å². The first kappa shape index (κ1) is 31.0. The summed E-state index contributed by atoms with van der Waals surface area (Å²) in [6.45, 7) is 12.2. The van der Waals surface area contributed by atoms with E-state index in [1.807, 2.05) is 56.3 Å². The highest BCUT2D eigenvalue weighted by atomic mass is 16.6. The standard InChI is InChI=1S/C34H44N4O4/c1-7-23(22(4)5)17-30(39)29(16-21(2)3)37-33(40)31(18-24-19-35-20-36-24)42-34(41)38(6)32-27-14-10-8-12-25(27)26-13-9-11-15-28(26)32/h7-15,19-23,29-32,39H,1,16-18H2,2-6H3,(H,35,36)(H,37,40)/t23-,29-,30-,31-/m0/s1. The number of carbonyl (C=O) groups is 2. The van der Waals surface area contributed by atoms with Gasteiger partial charge in [0.25, 0.3) is 5.91 Å². The maximum absolute atomic E-state index is 13.8. The molecule has 8 nitrogen and oxygen atoms in total. The Hall–Kier alpha value is -3.91. The smallest absolute Gasteiger partial charge is 0.411 e. The van der Waals surface area contributed by atoms with Gasteiger partial charge in [-0.2, -0.15) is 0 Å². The number of ether oxygens (including phenoxy) is 1. The van der Waals surface area contributed by atoms with Gasteiger partial charge in [0.1, 0.15) is 0 Å². The zero-order chi connectivity index (χ0) is 30.4. The Morgan fingerprint density at radius 2 is 1.69 bits per heavy atom. The number of aliphatic hydroxyl groups excluding tert-OH is 1. The average molecular weight is 573 g/mol. The number of nitrogens with zero attached hydrogens (tertiary/aromatic N) is 2.